The highest BCUT2D eigenvalue weighted by Gasteiger charge is 2.40. The molecule has 0 bridgehead atoms. The second-order valence-corrected chi connectivity index (χ2v) is 9.39. The standard InChI is InChI=1S/C24H30FN5O3S.ClH/c1-2-33-22(31)8-5-12-30-21(26-27-28-30)14-17-15-29(13-11-20(17)34)23(24(32)16-9-10-16)18-6-3-4-7-19(18)25;/h3-4,6-7,14,16,20,23,34H,2,5,8-13,15H2,1H3;1H/b17-14-;. The van der Waals surface area contributed by atoms with Crippen molar-refractivity contribution in [1.82, 2.24) is 25.1 Å². The molecule has 1 aliphatic carbocycles. The Hall–Kier alpha value is -2.30. The molecule has 2 atom stereocenters. The first-order chi connectivity index (χ1) is 16.5. The number of benzene rings is 1. The summed E-state index contributed by atoms with van der Waals surface area (Å²) in [4.78, 5) is 26.9. The zero-order valence-corrected chi connectivity index (χ0v) is 21.4. The van der Waals surface area contributed by atoms with Gasteiger partial charge in [0.05, 0.1) is 12.6 Å². The van der Waals surface area contributed by atoms with Crippen molar-refractivity contribution >= 4 is 42.9 Å². The van der Waals surface area contributed by atoms with Crippen molar-refractivity contribution < 1.29 is 18.7 Å². The van der Waals surface area contributed by atoms with Crippen LogP contribution in [0.15, 0.2) is 29.8 Å². The number of thiol groups is 1. The predicted molar refractivity (Wildman–Crippen MR) is 135 cm³/mol. The molecule has 2 heterocycles. The highest BCUT2D eigenvalue weighted by Crippen LogP contribution is 2.39. The van der Waals surface area contributed by atoms with E-state index in [0.29, 0.717) is 50.5 Å². The molecule has 0 spiro atoms. The van der Waals surface area contributed by atoms with Crippen LogP contribution in [0, 0.1) is 11.7 Å². The number of carbonyl (C=O) groups is 2. The molecule has 11 heteroatoms. The van der Waals surface area contributed by atoms with E-state index >= 15 is 0 Å². The van der Waals surface area contributed by atoms with Gasteiger partial charge in [-0.25, -0.2) is 9.07 Å². The van der Waals surface area contributed by atoms with Crippen LogP contribution in [0.3, 0.4) is 0 Å². The van der Waals surface area contributed by atoms with Gasteiger partial charge in [0.1, 0.15) is 5.82 Å². The molecular formula is C24H31ClFN5O3S. The number of carbonyl (C=O) groups excluding carboxylic acids is 2. The van der Waals surface area contributed by atoms with Gasteiger partial charge in [0.25, 0.3) is 0 Å². The van der Waals surface area contributed by atoms with Crippen LogP contribution < -0.4 is 0 Å². The minimum atomic E-state index is -0.612. The highest BCUT2D eigenvalue weighted by atomic mass is 35.5. The maximum atomic E-state index is 14.7. The van der Waals surface area contributed by atoms with E-state index in [1.54, 1.807) is 29.8 Å². The van der Waals surface area contributed by atoms with E-state index < -0.39 is 6.04 Å². The lowest BCUT2D eigenvalue weighted by Crippen LogP contribution is -2.42. The number of ether oxygens (including phenoxy) is 1. The molecule has 0 radical (unpaired) electrons. The third kappa shape index (κ3) is 6.89. The van der Waals surface area contributed by atoms with E-state index in [1.165, 1.54) is 6.07 Å². The Morgan fingerprint density at radius 2 is 2.06 bits per heavy atom. The van der Waals surface area contributed by atoms with E-state index in [0.717, 1.165) is 24.8 Å². The fourth-order valence-corrected chi connectivity index (χ4v) is 4.59. The van der Waals surface area contributed by atoms with Crippen LogP contribution in [0.5, 0.6) is 0 Å². The van der Waals surface area contributed by atoms with Gasteiger partial charge in [-0.1, -0.05) is 18.2 Å². The predicted octanol–water partition coefficient (Wildman–Crippen LogP) is 3.69. The van der Waals surface area contributed by atoms with Crippen molar-refractivity contribution in [3.05, 3.63) is 47.0 Å². The van der Waals surface area contributed by atoms with E-state index in [4.69, 9.17) is 17.4 Å². The summed E-state index contributed by atoms with van der Waals surface area (Å²) in [5.41, 5.74) is 1.40. The van der Waals surface area contributed by atoms with Gasteiger partial charge in [-0.15, -0.1) is 17.5 Å². The average Bonchev–Trinajstić information content (AvgIpc) is 3.58. The van der Waals surface area contributed by atoms with Gasteiger partial charge in [-0.05, 0) is 60.7 Å². The lowest BCUT2D eigenvalue weighted by atomic mass is 9.93. The number of hydrogen-bond donors (Lipinski definition) is 1. The molecule has 1 saturated carbocycles. The van der Waals surface area contributed by atoms with Gasteiger partial charge < -0.3 is 4.74 Å². The van der Waals surface area contributed by atoms with Crippen molar-refractivity contribution in [3.63, 3.8) is 0 Å². The molecule has 190 valence electrons. The van der Waals surface area contributed by atoms with Crippen LogP contribution in [0.1, 0.15) is 56.5 Å². The molecule has 2 aromatic rings. The van der Waals surface area contributed by atoms with Gasteiger partial charge in [-0.3, -0.25) is 14.5 Å². The van der Waals surface area contributed by atoms with Gasteiger partial charge in [0.15, 0.2) is 11.6 Å². The van der Waals surface area contributed by atoms with Gasteiger partial charge >= 0.3 is 5.97 Å². The number of halogens is 2. The van der Waals surface area contributed by atoms with Crippen LogP contribution in [-0.2, 0) is 20.9 Å². The summed E-state index contributed by atoms with van der Waals surface area (Å²) in [7, 11) is 0. The summed E-state index contributed by atoms with van der Waals surface area (Å²) in [6, 6.07) is 5.93. The number of nitrogens with zero attached hydrogens (tertiary/aromatic N) is 5. The smallest absolute Gasteiger partial charge is 0.305 e. The molecule has 1 aliphatic heterocycles. The van der Waals surface area contributed by atoms with Crippen LogP contribution in [-0.4, -0.2) is 61.8 Å². The highest BCUT2D eigenvalue weighted by molar-refractivity contribution is 7.81. The molecule has 1 saturated heterocycles. The van der Waals surface area contributed by atoms with Gasteiger partial charge in [0.2, 0.25) is 0 Å². The first-order valence-corrected chi connectivity index (χ1v) is 12.3. The molecule has 35 heavy (non-hydrogen) atoms. The molecule has 2 fully saturated rings. The number of aryl methyl sites for hydroxylation is 1. The molecule has 8 nitrogen and oxygen atoms in total. The Balaban J connectivity index is 0.00000342. The maximum Gasteiger partial charge on any atom is 0.305 e. The largest absolute Gasteiger partial charge is 0.466 e. The fraction of sp³-hybridized carbons (Fsp3) is 0.542. The minimum absolute atomic E-state index is 0. The fourth-order valence-electron chi connectivity index (χ4n) is 4.32. The Morgan fingerprint density at radius 3 is 2.77 bits per heavy atom. The molecular weight excluding hydrogens is 493 g/mol. The Morgan fingerprint density at radius 1 is 1.29 bits per heavy atom. The summed E-state index contributed by atoms with van der Waals surface area (Å²) >= 11 is 4.75. The van der Waals surface area contributed by atoms with Crippen LogP contribution >= 0.6 is 25.0 Å². The van der Waals surface area contributed by atoms with Crippen LogP contribution in [0.4, 0.5) is 4.39 Å². The van der Waals surface area contributed by atoms with Crippen molar-refractivity contribution in [2.24, 2.45) is 5.92 Å². The van der Waals surface area contributed by atoms with Gasteiger partial charge in [0, 0.05) is 42.8 Å². The van der Waals surface area contributed by atoms with E-state index in [-0.39, 0.29) is 41.1 Å². The molecule has 1 aromatic heterocycles. The second kappa shape index (κ2) is 12.6. The Bertz CT molecular complexity index is 1060. The first kappa shape index (κ1) is 27.3. The van der Waals surface area contributed by atoms with E-state index in [9.17, 15) is 14.0 Å². The van der Waals surface area contributed by atoms with Crippen molar-refractivity contribution in [2.45, 2.75) is 56.9 Å². The number of likely N-dealkylation sites (tertiary alicyclic amines) is 1. The number of Topliss-reactive ketones (excluding diaryl/α,β-unsaturated/α-hetero) is 1. The van der Waals surface area contributed by atoms with Crippen molar-refractivity contribution in [3.8, 4) is 0 Å². The minimum Gasteiger partial charge on any atom is -0.466 e. The topological polar surface area (TPSA) is 90.2 Å². The maximum absolute atomic E-state index is 14.7. The monoisotopic (exact) mass is 523 g/mol. The third-order valence-electron chi connectivity index (χ3n) is 6.25. The lowest BCUT2D eigenvalue weighted by Gasteiger charge is -2.37. The second-order valence-electron chi connectivity index (χ2n) is 8.76. The zero-order chi connectivity index (χ0) is 24.1. The number of aromatic nitrogens is 4. The number of tetrazole rings is 1. The van der Waals surface area contributed by atoms with Crippen LogP contribution in [0.2, 0.25) is 0 Å². The lowest BCUT2D eigenvalue weighted by molar-refractivity contribution is -0.143. The SMILES string of the molecule is CCOC(=O)CCCn1nnnc1/C=C1/CN(C(C(=O)C2CC2)c2ccccc2F)CCC1S.Cl. The molecule has 1 aromatic carbocycles. The number of piperidine rings is 1. The number of esters is 1. The number of rotatable bonds is 10. The summed E-state index contributed by atoms with van der Waals surface area (Å²) in [5, 5.41) is 11.9. The van der Waals surface area contributed by atoms with Crippen LogP contribution in [0.25, 0.3) is 6.08 Å². The first-order valence-electron chi connectivity index (χ1n) is 11.8. The van der Waals surface area contributed by atoms with Crippen molar-refractivity contribution in [1.29, 1.82) is 0 Å². The molecule has 4 rings (SSSR count). The normalized spacial score (nSPS) is 20.3. The molecule has 2 aliphatic rings. The summed E-state index contributed by atoms with van der Waals surface area (Å²) in [6.07, 6.45) is 5.21. The Labute approximate surface area is 216 Å². The van der Waals surface area contributed by atoms with E-state index in [1.807, 2.05) is 11.0 Å². The molecule has 2 unspecified atom stereocenters. The number of hydrogen-bond acceptors (Lipinski definition) is 8. The van der Waals surface area contributed by atoms with Gasteiger partial charge in [-0.2, -0.15) is 12.6 Å². The third-order valence-corrected chi connectivity index (χ3v) is 6.84. The van der Waals surface area contributed by atoms with Crippen molar-refractivity contribution in [2.75, 3.05) is 19.7 Å². The summed E-state index contributed by atoms with van der Waals surface area (Å²) < 4.78 is 21.3. The Kier molecular flexibility index (Phi) is 9.82. The number of ketones is 1. The van der Waals surface area contributed by atoms with E-state index in [2.05, 4.69) is 15.5 Å². The summed E-state index contributed by atoms with van der Waals surface area (Å²) in [5.74, 6) is 0.0675. The quantitative estimate of drug-likeness (QED) is 0.375. The summed E-state index contributed by atoms with van der Waals surface area (Å²) in [6.45, 7) is 3.73. The molecule has 0 N–H and O–H groups in total. The average molecular weight is 524 g/mol. The zero-order valence-electron chi connectivity index (χ0n) is 19.7. The molecule has 0 amide bonds.